The molecule has 2 unspecified atom stereocenters. The van der Waals surface area contributed by atoms with Crippen LogP contribution in [0.4, 0.5) is 13.2 Å². The van der Waals surface area contributed by atoms with Crippen molar-refractivity contribution in [3.63, 3.8) is 0 Å². The lowest BCUT2D eigenvalue weighted by Crippen LogP contribution is -2.33. The van der Waals surface area contributed by atoms with E-state index in [1.807, 2.05) is 20.1 Å². The second kappa shape index (κ2) is 10.5. The Bertz CT molecular complexity index is 937. The summed E-state index contributed by atoms with van der Waals surface area (Å²) in [6, 6.07) is 4.72. The number of ether oxygens (including phenoxy) is 1. The zero-order valence-corrected chi connectivity index (χ0v) is 19.5. The van der Waals surface area contributed by atoms with Crippen molar-refractivity contribution in [1.82, 2.24) is 5.32 Å². The molecule has 0 saturated carbocycles. The fourth-order valence-electron chi connectivity index (χ4n) is 3.87. The number of carboxylic acids is 1. The monoisotopic (exact) mass is 471 g/mol. The molecule has 0 fully saturated rings. The maximum absolute atomic E-state index is 13.8. The van der Waals surface area contributed by atoms with Crippen LogP contribution in [0.15, 0.2) is 46.8 Å². The molecule has 5 nitrogen and oxygen atoms in total. The molecule has 0 radical (unpaired) electrons. The number of aliphatic carboxylic acids is 1. The molecule has 1 aliphatic rings. The average Bonchev–Trinajstić information content (AvgIpc) is 2.69. The van der Waals surface area contributed by atoms with Crippen LogP contribution in [-0.4, -0.2) is 35.2 Å². The Morgan fingerprint density at radius 2 is 1.75 bits per heavy atom. The molecular weight excluding hydrogens is 443 g/mol. The molecule has 176 valence electrons. The summed E-state index contributed by atoms with van der Waals surface area (Å²) < 4.78 is 46.8. The number of nitrogens with one attached hydrogen (secondary N) is 1. The van der Waals surface area contributed by atoms with Crippen molar-refractivity contribution in [3.05, 3.63) is 57.9 Å². The quantitative estimate of drug-likeness (QED) is 0.498. The smallest absolute Gasteiger partial charge is 0.416 e. The van der Waals surface area contributed by atoms with Crippen molar-refractivity contribution in [1.29, 1.82) is 0 Å². The van der Waals surface area contributed by atoms with E-state index in [2.05, 4.69) is 5.32 Å². The van der Waals surface area contributed by atoms with Gasteiger partial charge >= 0.3 is 18.1 Å². The van der Waals surface area contributed by atoms with Gasteiger partial charge in [-0.25, -0.2) is 9.59 Å². The Hall–Kier alpha value is -2.42. The first kappa shape index (κ1) is 25.8. The van der Waals surface area contributed by atoms with Gasteiger partial charge in [-0.1, -0.05) is 32.0 Å². The van der Waals surface area contributed by atoms with Crippen LogP contribution in [0, 0.1) is 5.92 Å². The summed E-state index contributed by atoms with van der Waals surface area (Å²) in [5.41, 5.74) is -1.29. The molecule has 9 heteroatoms. The lowest BCUT2D eigenvalue weighted by atomic mass is 9.78. The number of thioether (sulfide) groups is 1. The van der Waals surface area contributed by atoms with Crippen LogP contribution in [0.5, 0.6) is 0 Å². The Balaban J connectivity index is 2.55. The highest BCUT2D eigenvalue weighted by molar-refractivity contribution is 7.99. The first-order chi connectivity index (χ1) is 14.9. The number of alkyl halides is 3. The predicted molar refractivity (Wildman–Crippen MR) is 118 cm³/mol. The highest BCUT2D eigenvalue weighted by Crippen LogP contribution is 2.44. The van der Waals surface area contributed by atoms with Crippen molar-refractivity contribution < 1.29 is 32.6 Å². The number of rotatable bonds is 8. The maximum atomic E-state index is 13.8. The van der Waals surface area contributed by atoms with E-state index in [0.29, 0.717) is 5.92 Å². The van der Waals surface area contributed by atoms with Gasteiger partial charge in [-0.15, -0.1) is 0 Å². The molecular formula is C23H28F3NO4S. The molecule has 2 atom stereocenters. The number of dihydropyridines is 1. The fourth-order valence-corrected chi connectivity index (χ4v) is 4.65. The van der Waals surface area contributed by atoms with Gasteiger partial charge in [-0.3, -0.25) is 0 Å². The predicted octanol–water partition coefficient (Wildman–Crippen LogP) is 5.35. The Labute approximate surface area is 190 Å². The highest BCUT2D eigenvalue weighted by Gasteiger charge is 2.42. The molecule has 32 heavy (non-hydrogen) atoms. The summed E-state index contributed by atoms with van der Waals surface area (Å²) in [7, 11) is 0. The summed E-state index contributed by atoms with van der Waals surface area (Å²) in [6.45, 7) is 7.15. The molecule has 0 bridgehead atoms. The zero-order valence-electron chi connectivity index (χ0n) is 18.7. The van der Waals surface area contributed by atoms with Gasteiger partial charge in [0, 0.05) is 16.6 Å². The van der Waals surface area contributed by atoms with Gasteiger partial charge in [0.2, 0.25) is 0 Å². The van der Waals surface area contributed by atoms with E-state index in [4.69, 9.17) is 4.74 Å². The van der Waals surface area contributed by atoms with E-state index >= 15 is 0 Å². The van der Waals surface area contributed by atoms with Gasteiger partial charge < -0.3 is 15.2 Å². The van der Waals surface area contributed by atoms with Crippen molar-refractivity contribution in [2.45, 2.75) is 51.5 Å². The van der Waals surface area contributed by atoms with Crippen molar-refractivity contribution >= 4 is 23.7 Å². The molecule has 0 saturated heterocycles. The molecule has 0 amide bonds. The molecule has 2 rings (SSSR count). The van der Waals surface area contributed by atoms with E-state index in [9.17, 15) is 27.9 Å². The lowest BCUT2D eigenvalue weighted by molar-refractivity contribution is -0.141. The van der Waals surface area contributed by atoms with Gasteiger partial charge in [0.05, 0.1) is 22.6 Å². The number of hydrogen-bond acceptors (Lipinski definition) is 5. The van der Waals surface area contributed by atoms with Crippen molar-refractivity contribution in [3.8, 4) is 0 Å². The third-order valence-electron chi connectivity index (χ3n) is 5.26. The standard InChI is InChI=1S/C23H28F3NO4S/c1-12(2)10-15(32-5)11-31-22(30)19-14(4)27-13(3)18(21(28)29)20(19)16-8-6-7-9-17(16)23(24,25)26/h6-9,12,15,20,27H,10-11H2,1-5H3,(H,28,29). The third kappa shape index (κ3) is 5.88. The van der Waals surface area contributed by atoms with Gasteiger partial charge in [0.1, 0.15) is 6.61 Å². The minimum atomic E-state index is -4.72. The van der Waals surface area contributed by atoms with Crippen molar-refractivity contribution in [2.75, 3.05) is 12.9 Å². The number of hydrogen-bond donors (Lipinski definition) is 2. The second-order valence-corrected chi connectivity index (χ2v) is 9.25. The molecule has 1 heterocycles. The Morgan fingerprint density at radius 1 is 1.16 bits per heavy atom. The van der Waals surface area contributed by atoms with Crippen LogP contribution < -0.4 is 5.32 Å². The number of allylic oxidation sites excluding steroid dienone is 2. The summed E-state index contributed by atoms with van der Waals surface area (Å²) >= 11 is 1.54. The van der Waals surface area contributed by atoms with Gasteiger partial charge in [0.25, 0.3) is 0 Å². The summed E-state index contributed by atoms with van der Waals surface area (Å²) in [6.07, 6.45) is -2.03. The van der Waals surface area contributed by atoms with E-state index < -0.39 is 29.6 Å². The largest absolute Gasteiger partial charge is 0.478 e. The Kier molecular flexibility index (Phi) is 8.45. The van der Waals surface area contributed by atoms with Crippen LogP contribution in [0.3, 0.4) is 0 Å². The maximum Gasteiger partial charge on any atom is 0.416 e. The van der Waals surface area contributed by atoms with E-state index in [-0.39, 0.29) is 40.0 Å². The Morgan fingerprint density at radius 3 is 2.28 bits per heavy atom. The fraction of sp³-hybridized carbons (Fsp3) is 0.478. The van der Waals surface area contributed by atoms with E-state index in [0.717, 1.165) is 12.5 Å². The number of esters is 1. The number of carboxylic acid groups (broad SMARTS) is 1. The number of carbonyl (C=O) groups excluding carboxylic acids is 1. The minimum absolute atomic E-state index is 0.0218. The summed E-state index contributed by atoms with van der Waals surface area (Å²) in [5, 5.41) is 12.7. The van der Waals surface area contributed by atoms with Crippen LogP contribution in [0.25, 0.3) is 0 Å². The van der Waals surface area contributed by atoms with Gasteiger partial charge in [0.15, 0.2) is 0 Å². The number of carbonyl (C=O) groups is 2. The number of halogens is 3. The topological polar surface area (TPSA) is 75.6 Å². The normalized spacial score (nSPS) is 18.0. The first-order valence-corrected chi connectivity index (χ1v) is 11.4. The molecule has 0 spiro atoms. The number of benzene rings is 1. The van der Waals surface area contributed by atoms with E-state index in [1.54, 1.807) is 0 Å². The zero-order chi connectivity index (χ0) is 24.2. The molecule has 2 N–H and O–H groups in total. The van der Waals surface area contributed by atoms with Crippen LogP contribution in [0.1, 0.15) is 51.2 Å². The summed E-state index contributed by atoms with van der Waals surface area (Å²) in [4.78, 5) is 25.2. The average molecular weight is 472 g/mol. The van der Waals surface area contributed by atoms with Crippen LogP contribution in [-0.2, 0) is 20.5 Å². The van der Waals surface area contributed by atoms with Gasteiger partial charge in [-0.05, 0) is 44.1 Å². The van der Waals surface area contributed by atoms with Crippen LogP contribution in [0.2, 0.25) is 0 Å². The second-order valence-electron chi connectivity index (χ2n) is 8.11. The van der Waals surface area contributed by atoms with E-state index in [1.165, 1.54) is 43.8 Å². The summed E-state index contributed by atoms with van der Waals surface area (Å²) in [5.74, 6) is -3.28. The molecule has 1 aromatic rings. The lowest BCUT2D eigenvalue weighted by Gasteiger charge is -2.31. The molecule has 0 aliphatic carbocycles. The van der Waals surface area contributed by atoms with Gasteiger partial charge in [-0.2, -0.15) is 24.9 Å². The first-order valence-electron chi connectivity index (χ1n) is 10.2. The minimum Gasteiger partial charge on any atom is -0.478 e. The SMILES string of the molecule is CSC(COC(=O)C1=C(C)NC(C)=C(C(=O)O)C1c1ccccc1C(F)(F)F)CC(C)C. The highest BCUT2D eigenvalue weighted by atomic mass is 32.2. The third-order valence-corrected chi connectivity index (χ3v) is 6.25. The molecule has 0 aromatic heterocycles. The van der Waals surface area contributed by atoms with Crippen LogP contribution >= 0.6 is 11.8 Å². The molecule has 1 aliphatic heterocycles. The molecule has 1 aromatic carbocycles. The van der Waals surface area contributed by atoms with Crippen molar-refractivity contribution in [2.24, 2.45) is 5.92 Å².